The van der Waals surface area contributed by atoms with Gasteiger partial charge in [-0.25, -0.2) is 4.98 Å². The lowest BCUT2D eigenvalue weighted by atomic mass is 10.00. The Balaban J connectivity index is 1.59. The summed E-state index contributed by atoms with van der Waals surface area (Å²) in [6.45, 7) is 7.55. The van der Waals surface area contributed by atoms with Gasteiger partial charge in [0.25, 0.3) is 0 Å². The van der Waals surface area contributed by atoms with Gasteiger partial charge in [-0.05, 0) is 68.5 Å². The number of aryl methyl sites for hydroxylation is 4. The van der Waals surface area contributed by atoms with Gasteiger partial charge in [0.2, 0.25) is 11.8 Å². The number of nitrogens with zero attached hydrogens (tertiary/aromatic N) is 2. The second-order valence-electron chi connectivity index (χ2n) is 10.1. The Labute approximate surface area is 224 Å². The summed E-state index contributed by atoms with van der Waals surface area (Å²) in [5.41, 5.74) is 6.81. The SMILES string of the molecule is CCc1cc(-c2nc(-c3cc(C)nc(C4CCCC4)c3)oc2CC)cc(C)c1OCC(O)CNC(=O)CO. The number of aromatic nitrogens is 2. The second-order valence-corrected chi connectivity index (χ2v) is 10.1. The average Bonchev–Trinajstić information content (AvgIpc) is 3.61. The smallest absolute Gasteiger partial charge is 0.245 e. The Morgan fingerprint density at radius 1 is 1.11 bits per heavy atom. The number of ether oxygens (including phenoxy) is 1. The monoisotopic (exact) mass is 521 g/mol. The summed E-state index contributed by atoms with van der Waals surface area (Å²) in [6.07, 6.45) is 5.46. The highest BCUT2D eigenvalue weighted by Gasteiger charge is 2.22. The average molecular weight is 522 g/mol. The van der Waals surface area contributed by atoms with Crippen LogP contribution in [0.3, 0.4) is 0 Å². The number of amides is 1. The molecule has 2 aromatic heterocycles. The molecule has 0 bridgehead atoms. The highest BCUT2D eigenvalue weighted by molar-refractivity contribution is 5.76. The quantitative estimate of drug-likeness (QED) is 0.336. The molecule has 1 atom stereocenters. The zero-order valence-corrected chi connectivity index (χ0v) is 22.8. The van der Waals surface area contributed by atoms with Gasteiger partial charge in [0.15, 0.2) is 0 Å². The van der Waals surface area contributed by atoms with E-state index in [0.717, 1.165) is 57.3 Å². The predicted octanol–water partition coefficient (Wildman–Crippen LogP) is 4.65. The van der Waals surface area contributed by atoms with Crippen LogP contribution in [-0.2, 0) is 17.6 Å². The molecule has 1 saturated carbocycles. The molecule has 0 aliphatic heterocycles. The Bertz CT molecular complexity index is 1260. The van der Waals surface area contributed by atoms with Gasteiger partial charge in [0.05, 0.1) is 0 Å². The third-order valence-electron chi connectivity index (χ3n) is 7.12. The summed E-state index contributed by atoms with van der Waals surface area (Å²) in [4.78, 5) is 21.0. The molecule has 8 heteroatoms. The highest BCUT2D eigenvalue weighted by Crippen LogP contribution is 2.37. The van der Waals surface area contributed by atoms with E-state index in [0.29, 0.717) is 18.2 Å². The van der Waals surface area contributed by atoms with Gasteiger partial charge < -0.3 is 24.7 Å². The molecule has 4 rings (SSSR count). The topological polar surface area (TPSA) is 118 Å². The van der Waals surface area contributed by atoms with Crippen molar-refractivity contribution in [2.75, 3.05) is 19.8 Å². The molecule has 1 fully saturated rings. The molecule has 8 nitrogen and oxygen atoms in total. The Morgan fingerprint density at radius 3 is 2.55 bits per heavy atom. The van der Waals surface area contributed by atoms with Gasteiger partial charge >= 0.3 is 0 Å². The fourth-order valence-electron chi connectivity index (χ4n) is 5.17. The van der Waals surface area contributed by atoms with Crippen LogP contribution in [0.5, 0.6) is 5.75 Å². The molecule has 2 heterocycles. The Kier molecular flexibility index (Phi) is 9.17. The van der Waals surface area contributed by atoms with Gasteiger partial charge in [-0.1, -0.05) is 26.7 Å². The first-order valence-electron chi connectivity index (χ1n) is 13.6. The minimum atomic E-state index is -0.892. The lowest BCUT2D eigenvalue weighted by molar-refractivity contribution is -0.124. The number of nitrogens with one attached hydrogen (secondary N) is 1. The van der Waals surface area contributed by atoms with Crippen LogP contribution < -0.4 is 10.1 Å². The van der Waals surface area contributed by atoms with Crippen molar-refractivity contribution >= 4 is 5.91 Å². The van der Waals surface area contributed by atoms with E-state index in [1.54, 1.807) is 0 Å². The van der Waals surface area contributed by atoms with Crippen LogP contribution in [0.15, 0.2) is 28.7 Å². The number of aliphatic hydroxyl groups excluding tert-OH is 2. The number of aliphatic hydroxyl groups is 2. The van der Waals surface area contributed by atoms with Gasteiger partial charge in [0, 0.05) is 41.4 Å². The maximum atomic E-state index is 11.2. The van der Waals surface area contributed by atoms with Crippen molar-refractivity contribution in [1.29, 1.82) is 0 Å². The minimum Gasteiger partial charge on any atom is -0.490 e. The van der Waals surface area contributed by atoms with E-state index in [4.69, 9.17) is 24.2 Å². The first-order chi connectivity index (χ1) is 18.3. The third-order valence-corrected chi connectivity index (χ3v) is 7.12. The van der Waals surface area contributed by atoms with Crippen molar-refractivity contribution < 1.29 is 24.2 Å². The molecule has 1 unspecified atom stereocenters. The molecule has 3 aromatic rings. The van der Waals surface area contributed by atoms with E-state index in [1.807, 2.05) is 26.0 Å². The fraction of sp³-hybridized carbons (Fsp3) is 0.500. The number of pyridine rings is 1. The Hall–Kier alpha value is -3.23. The predicted molar refractivity (Wildman–Crippen MR) is 146 cm³/mol. The number of hydrogen-bond donors (Lipinski definition) is 3. The van der Waals surface area contributed by atoms with Crippen LogP contribution in [0.2, 0.25) is 0 Å². The van der Waals surface area contributed by atoms with Crippen LogP contribution in [0, 0.1) is 13.8 Å². The molecular weight excluding hydrogens is 482 g/mol. The molecule has 0 saturated heterocycles. The van der Waals surface area contributed by atoms with Crippen molar-refractivity contribution in [3.8, 4) is 28.5 Å². The maximum absolute atomic E-state index is 11.2. The van der Waals surface area contributed by atoms with Crippen molar-refractivity contribution in [3.63, 3.8) is 0 Å². The van der Waals surface area contributed by atoms with Crippen molar-refractivity contribution in [1.82, 2.24) is 15.3 Å². The standard InChI is InChI=1S/C30H39N3O5/c1-5-20-13-22(11-18(3)29(20)37-17-24(35)15-31-27(36)16-34)28-26(6-2)38-30(33-28)23-12-19(4)32-25(14-23)21-9-7-8-10-21/h11-14,21,24,34-35H,5-10,15-17H2,1-4H3,(H,31,36). The molecular formula is C30H39N3O5. The molecule has 1 amide bonds. The van der Waals surface area contributed by atoms with Crippen LogP contribution in [0.1, 0.15) is 73.7 Å². The highest BCUT2D eigenvalue weighted by atomic mass is 16.5. The molecule has 0 radical (unpaired) electrons. The first-order valence-corrected chi connectivity index (χ1v) is 13.6. The van der Waals surface area contributed by atoms with Gasteiger partial charge in [0.1, 0.15) is 36.5 Å². The summed E-state index contributed by atoms with van der Waals surface area (Å²) in [5.74, 6) is 2.15. The lowest BCUT2D eigenvalue weighted by Gasteiger charge is -2.18. The normalized spacial score (nSPS) is 14.6. The zero-order chi connectivity index (χ0) is 27.2. The largest absolute Gasteiger partial charge is 0.490 e. The van der Waals surface area contributed by atoms with Crippen molar-refractivity contribution in [2.24, 2.45) is 0 Å². The Morgan fingerprint density at radius 2 is 1.87 bits per heavy atom. The molecule has 0 spiro atoms. The number of carbonyl (C=O) groups excluding carboxylic acids is 1. The van der Waals surface area contributed by atoms with E-state index >= 15 is 0 Å². The number of benzene rings is 1. The molecule has 204 valence electrons. The number of carbonyl (C=O) groups is 1. The number of oxazole rings is 1. The van der Waals surface area contributed by atoms with Gasteiger partial charge in [-0.15, -0.1) is 0 Å². The first kappa shape index (κ1) is 27.8. The molecule has 1 aliphatic rings. The molecule has 1 aromatic carbocycles. The lowest BCUT2D eigenvalue weighted by Crippen LogP contribution is -2.36. The fourth-order valence-corrected chi connectivity index (χ4v) is 5.17. The third kappa shape index (κ3) is 6.42. The minimum absolute atomic E-state index is 0.0104. The van der Waals surface area contributed by atoms with E-state index in [9.17, 15) is 9.90 Å². The van der Waals surface area contributed by atoms with Crippen LogP contribution in [0.25, 0.3) is 22.7 Å². The van der Waals surface area contributed by atoms with Crippen LogP contribution in [0.4, 0.5) is 0 Å². The van der Waals surface area contributed by atoms with Crippen molar-refractivity contribution in [2.45, 2.75) is 78.2 Å². The second kappa shape index (κ2) is 12.5. The molecule has 38 heavy (non-hydrogen) atoms. The van der Waals surface area contributed by atoms with E-state index in [2.05, 4.69) is 31.3 Å². The van der Waals surface area contributed by atoms with Gasteiger partial charge in [-0.2, -0.15) is 0 Å². The summed E-state index contributed by atoms with van der Waals surface area (Å²) in [6, 6.07) is 8.30. The van der Waals surface area contributed by atoms with Crippen LogP contribution in [-0.4, -0.2) is 52.0 Å². The van der Waals surface area contributed by atoms with E-state index < -0.39 is 18.6 Å². The summed E-state index contributed by atoms with van der Waals surface area (Å²) >= 11 is 0. The van der Waals surface area contributed by atoms with E-state index in [1.165, 1.54) is 25.7 Å². The van der Waals surface area contributed by atoms with Gasteiger partial charge in [-0.3, -0.25) is 9.78 Å². The molecule has 1 aliphatic carbocycles. The van der Waals surface area contributed by atoms with Crippen molar-refractivity contribution in [3.05, 3.63) is 52.5 Å². The zero-order valence-electron chi connectivity index (χ0n) is 22.8. The summed E-state index contributed by atoms with van der Waals surface area (Å²) in [5, 5.41) is 21.4. The summed E-state index contributed by atoms with van der Waals surface area (Å²) in [7, 11) is 0. The number of hydrogen-bond acceptors (Lipinski definition) is 7. The number of rotatable bonds is 11. The molecule has 3 N–H and O–H groups in total. The maximum Gasteiger partial charge on any atom is 0.245 e. The van der Waals surface area contributed by atoms with Crippen LogP contribution >= 0.6 is 0 Å². The van der Waals surface area contributed by atoms with E-state index in [-0.39, 0.29) is 13.2 Å². The summed E-state index contributed by atoms with van der Waals surface area (Å²) < 4.78 is 12.3.